The van der Waals surface area contributed by atoms with Crippen LogP contribution in [0.3, 0.4) is 0 Å². The van der Waals surface area contributed by atoms with E-state index in [2.05, 4.69) is 15.6 Å². The third-order valence-corrected chi connectivity index (χ3v) is 4.82. The third kappa shape index (κ3) is 6.89. The zero-order chi connectivity index (χ0) is 17.5. The van der Waals surface area contributed by atoms with Gasteiger partial charge in [-0.2, -0.15) is 13.2 Å². The van der Waals surface area contributed by atoms with Crippen LogP contribution in [0.2, 0.25) is 0 Å². The second-order valence-corrected chi connectivity index (χ2v) is 7.26. The van der Waals surface area contributed by atoms with E-state index in [9.17, 15) is 21.6 Å². The van der Waals surface area contributed by atoms with E-state index in [1.165, 1.54) is 19.2 Å². The van der Waals surface area contributed by atoms with Gasteiger partial charge in [-0.15, -0.1) is 0 Å². The minimum Gasteiger partial charge on any atom is -0.355 e. The Hall–Kier alpha value is -1.77. The molecule has 0 spiro atoms. The standard InChI is InChI=1S/C14H20F3N3O2S/c1-3-23(21,22)9-8-19-13(18-2)20-10-11-4-6-12(7-5-11)14(15,16)17/h4-7H,3,8-10H2,1-2H3,(H2,18,19,20). The van der Waals surface area contributed by atoms with E-state index >= 15 is 0 Å². The van der Waals surface area contributed by atoms with E-state index in [1.54, 1.807) is 6.92 Å². The molecule has 0 saturated heterocycles. The molecule has 130 valence electrons. The molecule has 0 aliphatic heterocycles. The largest absolute Gasteiger partial charge is 0.416 e. The van der Waals surface area contributed by atoms with Gasteiger partial charge in [0, 0.05) is 25.9 Å². The number of hydrogen-bond acceptors (Lipinski definition) is 3. The average molecular weight is 351 g/mol. The predicted molar refractivity (Wildman–Crippen MR) is 84.0 cm³/mol. The van der Waals surface area contributed by atoms with E-state index in [0.29, 0.717) is 11.5 Å². The lowest BCUT2D eigenvalue weighted by atomic mass is 10.1. The van der Waals surface area contributed by atoms with Crippen LogP contribution in [0.4, 0.5) is 13.2 Å². The number of nitrogens with one attached hydrogen (secondary N) is 2. The van der Waals surface area contributed by atoms with Crippen molar-refractivity contribution >= 4 is 15.8 Å². The number of benzene rings is 1. The van der Waals surface area contributed by atoms with Crippen LogP contribution >= 0.6 is 0 Å². The van der Waals surface area contributed by atoms with Crippen molar-refractivity contribution in [3.05, 3.63) is 35.4 Å². The smallest absolute Gasteiger partial charge is 0.355 e. The van der Waals surface area contributed by atoms with Gasteiger partial charge in [0.05, 0.1) is 11.3 Å². The number of aliphatic imine (C=N–C) groups is 1. The minimum absolute atomic E-state index is 0.00944. The van der Waals surface area contributed by atoms with Gasteiger partial charge < -0.3 is 10.6 Å². The average Bonchev–Trinajstić information content (AvgIpc) is 2.50. The molecule has 1 rings (SSSR count). The third-order valence-electron chi connectivity index (χ3n) is 3.11. The van der Waals surface area contributed by atoms with Crippen molar-refractivity contribution < 1.29 is 21.6 Å². The van der Waals surface area contributed by atoms with Crippen LogP contribution < -0.4 is 10.6 Å². The van der Waals surface area contributed by atoms with Crippen LogP contribution in [0.15, 0.2) is 29.3 Å². The Kier molecular flexibility index (Phi) is 6.86. The van der Waals surface area contributed by atoms with Gasteiger partial charge in [0.15, 0.2) is 15.8 Å². The molecule has 23 heavy (non-hydrogen) atoms. The van der Waals surface area contributed by atoms with E-state index in [1.807, 2.05) is 0 Å². The van der Waals surface area contributed by atoms with Crippen molar-refractivity contribution in [2.45, 2.75) is 19.6 Å². The Balaban J connectivity index is 2.49. The molecule has 0 bridgehead atoms. The van der Waals surface area contributed by atoms with E-state index < -0.39 is 21.6 Å². The summed E-state index contributed by atoms with van der Waals surface area (Å²) in [6.45, 7) is 2.06. The molecule has 0 radical (unpaired) electrons. The molecule has 0 aromatic heterocycles. The maximum absolute atomic E-state index is 12.5. The lowest BCUT2D eigenvalue weighted by Gasteiger charge is -2.12. The molecule has 2 N–H and O–H groups in total. The molecule has 9 heteroatoms. The lowest BCUT2D eigenvalue weighted by Crippen LogP contribution is -2.39. The highest BCUT2D eigenvalue weighted by molar-refractivity contribution is 7.91. The Morgan fingerprint density at radius 1 is 1.17 bits per heavy atom. The van der Waals surface area contributed by atoms with E-state index in [-0.39, 0.29) is 24.6 Å². The summed E-state index contributed by atoms with van der Waals surface area (Å²) in [6, 6.07) is 4.79. The Morgan fingerprint density at radius 2 is 1.78 bits per heavy atom. The zero-order valence-corrected chi connectivity index (χ0v) is 13.8. The van der Waals surface area contributed by atoms with Gasteiger partial charge in [-0.3, -0.25) is 4.99 Å². The van der Waals surface area contributed by atoms with Crippen molar-refractivity contribution in [2.24, 2.45) is 4.99 Å². The summed E-state index contributed by atoms with van der Waals surface area (Å²) in [4.78, 5) is 3.92. The molecule has 0 amide bonds. The van der Waals surface area contributed by atoms with Crippen LogP contribution in [0.1, 0.15) is 18.1 Å². The van der Waals surface area contributed by atoms with Gasteiger partial charge >= 0.3 is 6.18 Å². The summed E-state index contributed by atoms with van der Waals surface area (Å²) in [5, 5.41) is 5.76. The first-order valence-corrected chi connectivity index (χ1v) is 8.81. The fourth-order valence-electron chi connectivity index (χ4n) is 1.69. The number of halogens is 3. The van der Waals surface area contributed by atoms with Gasteiger partial charge in [-0.1, -0.05) is 19.1 Å². The highest BCUT2D eigenvalue weighted by Crippen LogP contribution is 2.28. The first kappa shape index (κ1) is 19.3. The number of hydrogen-bond donors (Lipinski definition) is 2. The summed E-state index contributed by atoms with van der Waals surface area (Å²) >= 11 is 0. The molecule has 0 heterocycles. The molecule has 1 aromatic rings. The first-order chi connectivity index (χ1) is 10.7. The molecule has 1 aromatic carbocycles. The molecule has 0 aliphatic carbocycles. The normalized spacial score (nSPS) is 13.0. The number of guanidine groups is 1. The summed E-state index contributed by atoms with van der Waals surface area (Å²) in [7, 11) is -1.54. The van der Waals surface area contributed by atoms with Crippen LogP contribution in [-0.2, 0) is 22.6 Å². The lowest BCUT2D eigenvalue weighted by molar-refractivity contribution is -0.137. The Bertz CT molecular complexity index is 626. The van der Waals surface area contributed by atoms with Gasteiger partial charge in [0.1, 0.15) is 0 Å². The van der Waals surface area contributed by atoms with Crippen molar-refractivity contribution in [3.8, 4) is 0 Å². The maximum atomic E-state index is 12.5. The quantitative estimate of drug-likeness (QED) is 0.606. The molecular weight excluding hydrogens is 331 g/mol. The molecule has 0 unspecified atom stereocenters. The molecular formula is C14H20F3N3O2S. The Morgan fingerprint density at radius 3 is 2.26 bits per heavy atom. The minimum atomic E-state index is -4.35. The number of rotatable bonds is 6. The SMILES string of the molecule is CCS(=O)(=O)CCNC(=NC)NCc1ccc(C(F)(F)F)cc1. The topological polar surface area (TPSA) is 70.6 Å². The van der Waals surface area contributed by atoms with Gasteiger partial charge in [0.2, 0.25) is 0 Å². The van der Waals surface area contributed by atoms with Gasteiger partial charge in [-0.05, 0) is 17.7 Å². The van der Waals surface area contributed by atoms with Crippen molar-refractivity contribution in [1.82, 2.24) is 10.6 Å². The molecule has 0 fully saturated rings. The van der Waals surface area contributed by atoms with Crippen LogP contribution in [0.5, 0.6) is 0 Å². The van der Waals surface area contributed by atoms with E-state index in [4.69, 9.17) is 0 Å². The number of sulfone groups is 1. The van der Waals surface area contributed by atoms with Gasteiger partial charge in [-0.25, -0.2) is 8.42 Å². The van der Waals surface area contributed by atoms with Crippen LogP contribution in [-0.4, -0.2) is 39.5 Å². The highest BCUT2D eigenvalue weighted by atomic mass is 32.2. The van der Waals surface area contributed by atoms with Crippen LogP contribution in [0, 0.1) is 0 Å². The second kappa shape index (κ2) is 8.19. The second-order valence-electron chi connectivity index (χ2n) is 4.78. The summed E-state index contributed by atoms with van der Waals surface area (Å²) < 4.78 is 60.1. The monoisotopic (exact) mass is 351 g/mol. The number of alkyl halides is 3. The van der Waals surface area contributed by atoms with Crippen molar-refractivity contribution in [3.63, 3.8) is 0 Å². The Labute approximate surface area is 133 Å². The predicted octanol–water partition coefficient (Wildman–Crippen LogP) is 1.81. The van der Waals surface area contributed by atoms with Crippen molar-refractivity contribution in [1.29, 1.82) is 0 Å². The maximum Gasteiger partial charge on any atom is 0.416 e. The molecule has 5 nitrogen and oxygen atoms in total. The summed E-state index contributed by atoms with van der Waals surface area (Å²) in [5.41, 5.74) is -0.0457. The van der Waals surface area contributed by atoms with Crippen LogP contribution in [0.25, 0.3) is 0 Å². The van der Waals surface area contributed by atoms with E-state index in [0.717, 1.165) is 12.1 Å². The van der Waals surface area contributed by atoms with Gasteiger partial charge in [0.25, 0.3) is 0 Å². The van der Waals surface area contributed by atoms with Crippen molar-refractivity contribution in [2.75, 3.05) is 25.1 Å². The highest BCUT2D eigenvalue weighted by Gasteiger charge is 2.29. The summed E-state index contributed by atoms with van der Waals surface area (Å²) in [6.07, 6.45) is -4.35. The first-order valence-electron chi connectivity index (χ1n) is 6.99. The molecule has 0 atom stereocenters. The fourth-order valence-corrected chi connectivity index (χ4v) is 2.39. The fraction of sp³-hybridized carbons (Fsp3) is 0.500. The summed E-state index contributed by atoms with van der Waals surface area (Å²) in [5.74, 6) is 0.452. The molecule has 0 aliphatic rings. The number of nitrogens with zero attached hydrogens (tertiary/aromatic N) is 1. The molecule has 0 saturated carbocycles. The zero-order valence-electron chi connectivity index (χ0n) is 12.9.